The van der Waals surface area contributed by atoms with Crippen molar-refractivity contribution < 1.29 is 0 Å². The molecule has 0 heteroatoms. The van der Waals surface area contributed by atoms with Gasteiger partial charge in [0.2, 0.25) is 0 Å². The number of hydrogen-bond donors (Lipinski definition) is 0. The molecule has 1 rings (SSSR count). The Labute approximate surface area is 174 Å². The van der Waals surface area contributed by atoms with Gasteiger partial charge in [-0.3, -0.25) is 0 Å². The third-order valence-corrected chi connectivity index (χ3v) is 8.77. The molecule has 1 aliphatic carbocycles. The highest BCUT2D eigenvalue weighted by Gasteiger charge is 2.54. The van der Waals surface area contributed by atoms with Crippen LogP contribution in [0, 0.1) is 22.2 Å². The van der Waals surface area contributed by atoms with E-state index < -0.39 is 0 Å². The molecule has 0 spiro atoms. The Bertz CT molecular complexity index is 351. The molecule has 0 N–H and O–H groups in total. The van der Waals surface area contributed by atoms with Crippen molar-refractivity contribution in [3.8, 4) is 0 Å². The summed E-state index contributed by atoms with van der Waals surface area (Å²) in [5, 5.41) is 0. The summed E-state index contributed by atoms with van der Waals surface area (Å²) < 4.78 is 0. The highest BCUT2D eigenvalue weighted by Crippen LogP contribution is 2.63. The normalized spacial score (nSPS) is 21.7. The van der Waals surface area contributed by atoms with Crippen molar-refractivity contribution in [1.29, 1.82) is 0 Å². The van der Waals surface area contributed by atoms with Crippen LogP contribution in [0.1, 0.15) is 152 Å². The minimum Gasteiger partial charge on any atom is -0.0654 e. The minimum atomic E-state index is 0.433. The first-order valence-electron chi connectivity index (χ1n) is 12.7. The van der Waals surface area contributed by atoms with Crippen LogP contribution in [-0.4, -0.2) is 0 Å². The van der Waals surface area contributed by atoms with Gasteiger partial charge in [0.05, 0.1) is 0 Å². The average molecular weight is 381 g/mol. The number of hydrogen-bond acceptors (Lipinski definition) is 0. The van der Waals surface area contributed by atoms with E-state index in [1.165, 1.54) is 89.9 Å². The SMILES string of the molecule is C1CCC1.CCCCC(C)C(C)(CCC)C(C)(CCC)C(C)(CC)CCC. The van der Waals surface area contributed by atoms with E-state index in [4.69, 9.17) is 0 Å². The Hall–Kier alpha value is 0. The molecular weight excluding hydrogens is 324 g/mol. The first-order chi connectivity index (χ1) is 12.7. The second-order valence-electron chi connectivity index (χ2n) is 10.4. The third kappa shape index (κ3) is 6.78. The quantitative estimate of drug-likeness (QED) is 0.298. The van der Waals surface area contributed by atoms with Gasteiger partial charge in [0.1, 0.15) is 0 Å². The zero-order chi connectivity index (χ0) is 21.0. The zero-order valence-electron chi connectivity index (χ0n) is 21.0. The Kier molecular flexibility index (Phi) is 13.3. The average Bonchev–Trinajstić information content (AvgIpc) is 2.58. The van der Waals surface area contributed by atoms with Crippen LogP contribution < -0.4 is 0 Å². The fourth-order valence-corrected chi connectivity index (χ4v) is 5.84. The lowest BCUT2D eigenvalue weighted by atomic mass is 9.45. The molecule has 0 radical (unpaired) electrons. The molecule has 0 aromatic carbocycles. The van der Waals surface area contributed by atoms with Crippen molar-refractivity contribution in [2.45, 2.75) is 152 Å². The first kappa shape index (κ1) is 27.0. The summed E-state index contributed by atoms with van der Waals surface area (Å²) in [4.78, 5) is 0. The van der Waals surface area contributed by atoms with E-state index in [-0.39, 0.29) is 0 Å². The van der Waals surface area contributed by atoms with Gasteiger partial charge < -0.3 is 0 Å². The van der Waals surface area contributed by atoms with Gasteiger partial charge in [-0.25, -0.2) is 0 Å². The fourth-order valence-electron chi connectivity index (χ4n) is 5.84. The maximum absolute atomic E-state index is 2.66. The standard InChI is InChI=1S/C23H48.C4H8/c1-10-15-16-20(6)22(8,18-12-3)23(9,19-13-4)21(7,14-5)17-11-2;1-2-4-3-1/h20H,10-19H2,1-9H3;1-4H2. The zero-order valence-corrected chi connectivity index (χ0v) is 21.0. The lowest BCUT2D eigenvalue weighted by Crippen LogP contribution is -2.52. The van der Waals surface area contributed by atoms with Crippen LogP contribution >= 0.6 is 0 Å². The van der Waals surface area contributed by atoms with Crippen LogP contribution in [0.2, 0.25) is 0 Å². The topological polar surface area (TPSA) is 0 Å². The van der Waals surface area contributed by atoms with Crippen molar-refractivity contribution in [2.75, 3.05) is 0 Å². The summed E-state index contributed by atoms with van der Waals surface area (Å²) in [6.07, 6.45) is 19.5. The smallest absolute Gasteiger partial charge is 0.0216 e. The van der Waals surface area contributed by atoms with Crippen molar-refractivity contribution in [2.24, 2.45) is 22.2 Å². The molecule has 0 aromatic heterocycles. The maximum Gasteiger partial charge on any atom is -0.0216 e. The predicted molar refractivity (Wildman–Crippen MR) is 126 cm³/mol. The highest BCUT2D eigenvalue weighted by atomic mass is 14.6. The Morgan fingerprint density at radius 3 is 1.48 bits per heavy atom. The Balaban J connectivity index is 0.00000148. The van der Waals surface area contributed by atoms with Crippen molar-refractivity contribution >= 4 is 0 Å². The van der Waals surface area contributed by atoms with Gasteiger partial charge in [-0.15, -0.1) is 0 Å². The lowest BCUT2D eigenvalue weighted by molar-refractivity contribution is -0.109. The summed E-state index contributed by atoms with van der Waals surface area (Å²) in [5.74, 6) is 0.821. The number of unbranched alkanes of at least 4 members (excludes halogenated alkanes) is 1. The van der Waals surface area contributed by atoms with Crippen LogP contribution in [0.15, 0.2) is 0 Å². The van der Waals surface area contributed by atoms with Crippen molar-refractivity contribution in [3.63, 3.8) is 0 Å². The Morgan fingerprint density at radius 2 is 1.15 bits per heavy atom. The molecule has 0 bridgehead atoms. The molecule has 0 aromatic rings. The molecule has 0 heterocycles. The molecule has 0 saturated heterocycles. The second kappa shape index (κ2) is 13.3. The van der Waals surface area contributed by atoms with Gasteiger partial charge >= 0.3 is 0 Å². The highest BCUT2D eigenvalue weighted by molar-refractivity contribution is 5.03. The van der Waals surface area contributed by atoms with Crippen LogP contribution in [0.3, 0.4) is 0 Å². The number of rotatable bonds is 13. The molecule has 1 fully saturated rings. The summed E-state index contributed by atoms with van der Waals surface area (Å²) in [6, 6.07) is 0. The molecule has 1 aliphatic rings. The molecule has 4 atom stereocenters. The summed E-state index contributed by atoms with van der Waals surface area (Å²) in [6.45, 7) is 22.4. The van der Waals surface area contributed by atoms with E-state index in [0.717, 1.165) is 5.92 Å². The van der Waals surface area contributed by atoms with Gasteiger partial charge in [0.15, 0.2) is 0 Å². The predicted octanol–water partition coefficient (Wildman–Crippen LogP) is 10.2. The fraction of sp³-hybridized carbons (Fsp3) is 1.00. The summed E-state index contributed by atoms with van der Waals surface area (Å²) >= 11 is 0. The molecule has 0 nitrogen and oxygen atoms in total. The molecule has 1 saturated carbocycles. The largest absolute Gasteiger partial charge is 0.0654 e. The third-order valence-electron chi connectivity index (χ3n) is 8.77. The molecule has 4 unspecified atom stereocenters. The first-order valence-corrected chi connectivity index (χ1v) is 12.7. The van der Waals surface area contributed by atoms with Crippen molar-refractivity contribution in [3.05, 3.63) is 0 Å². The monoisotopic (exact) mass is 380 g/mol. The molecular formula is C27H56. The molecule has 27 heavy (non-hydrogen) atoms. The van der Waals surface area contributed by atoms with Gasteiger partial charge in [0, 0.05) is 0 Å². The van der Waals surface area contributed by atoms with Crippen LogP contribution in [-0.2, 0) is 0 Å². The molecule has 0 aliphatic heterocycles. The molecule has 164 valence electrons. The van der Waals surface area contributed by atoms with Crippen LogP contribution in [0.25, 0.3) is 0 Å². The van der Waals surface area contributed by atoms with E-state index in [2.05, 4.69) is 62.3 Å². The van der Waals surface area contributed by atoms with Gasteiger partial charge in [-0.05, 0) is 41.4 Å². The van der Waals surface area contributed by atoms with E-state index in [9.17, 15) is 0 Å². The van der Waals surface area contributed by atoms with Crippen molar-refractivity contribution in [1.82, 2.24) is 0 Å². The second-order valence-corrected chi connectivity index (χ2v) is 10.4. The minimum absolute atomic E-state index is 0.433. The Morgan fingerprint density at radius 1 is 0.667 bits per heavy atom. The van der Waals surface area contributed by atoms with E-state index >= 15 is 0 Å². The lowest BCUT2D eigenvalue weighted by Gasteiger charge is -2.60. The summed E-state index contributed by atoms with van der Waals surface area (Å²) in [5.41, 5.74) is 1.34. The van der Waals surface area contributed by atoms with Gasteiger partial charge in [-0.1, -0.05) is 133 Å². The van der Waals surface area contributed by atoms with Crippen LogP contribution in [0.5, 0.6) is 0 Å². The summed E-state index contributed by atoms with van der Waals surface area (Å²) in [7, 11) is 0. The van der Waals surface area contributed by atoms with E-state index in [1.807, 2.05) is 0 Å². The maximum atomic E-state index is 2.66. The molecule has 0 amide bonds. The van der Waals surface area contributed by atoms with Gasteiger partial charge in [-0.2, -0.15) is 0 Å². The van der Waals surface area contributed by atoms with E-state index in [0.29, 0.717) is 16.2 Å². The van der Waals surface area contributed by atoms with Gasteiger partial charge in [0.25, 0.3) is 0 Å². The van der Waals surface area contributed by atoms with E-state index in [1.54, 1.807) is 0 Å². The van der Waals surface area contributed by atoms with Crippen LogP contribution in [0.4, 0.5) is 0 Å².